The van der Waals surface area contributed by atoms with Crippen LogP contribution in [0.3, 0.4) is 0 Å². The van der Waals surface area contributed by atoms with E-state index in [0.717, 1.165) is 0 Å². The number of hydrogen-bond donors (Lipinski definition) is 1. The van der Waals surface area contributed by atoms with Gasteiger partial charge in [0.05, 0.1) is 17.6 Å². The lowest BCUT2D eigenvalue weighted by Crippen LogP contribution is -1.90. The standard InChI is InChI=1S/C14H10ClN5O3S/c1-23-11-4-2-8(15)6-10(11)13-17-14(19-18-13)24-12-5-3-9(7-16-12)20(21)22/h2-7H,1H3,(H,17,18,19). The zero-order valence-corrected chi connectivity index (χ0v) is 13.8. The Balaban J connectivity index is 1.83. The van der Waals surface area contributed by atoms with Gasteiger partial charge in [-0.2, -0.15) is 0 Å². The van der Waals surface area contributed by atoms with Gasteiger partial charge in [-0.15, -0.1) is 5.10 Å². The minimum atomic E-state index is -0.502. The fourth-order valence-corrected chi connectivity index (χ4v) is 2.74. The normalized spacial score (nSPS) is 10.6. The summed E-state index contributed by atoms with van der Waals surface area (Å²) in [5.41, 5.74) is 0.611. The quantitative estimate of drug-likeness (QED) is 0.545. The third kappa shape index (κ3) is 3.47. The Morgan fingerprint density at radius 3 is 2.83 bits per heavy atom. The predicted molar refractivity (Wildman–Crippen MR) is 88.4 cm³/mol. The Kier molecular flexibility index (Phi) is 4.63. The van der Waals surface area contributed by atoms with E-state index in [-0.39, 0.29) is 5.69 Å². The monoisotopic (exact) mass is 363 g/mol. The molecule has 3 rings (SSSR count). The van der Waals surface area contributed by atoms with Crippen molar-refractivity contribution in [2.24, 2.45) is 0 Å². The van der Waals surface area contributed by atoms with E-state index in [4.69, 9.17) is 16.3 Å². The fourth-order valence-electron chi connectivity index (χ4n) is 1.91. The van der Waals surface area contributed by atoms with Crippen molar-refractivity contribution in [1.82, 2.24) is 20.2 Å². The van der Waals surface area contributed by atoms with Crippen LogP contribution in [0.1, 0.15) is 0 Å². The zero-order chi connectivity index (χ0) is 17.1. The van der Waals surface area contributed by atoms with E-state index < -0.39 is 4.92 Å². The molecule has 0 unspecified atom stereocenters. The van der Waals surface area contributed by atoms with E-state index in [9.17, 15) is 10.1 Å². The maximum absolute atomic E-state index is 10.6. The first-order valence-electron chi connectivity index (χ1n) is 6.61. The summed E-state index contributed by atoms with van der Waals surface area (Å²) in [6.07, 6.45) is 1.19. The van der Waals surface area contributed by atoms with E-state index in [2.05, 4.69) is 20.2 Å². The topological polar surface area (TPSA) is 107 Å². The smallest absolute Gasteiger partial charge is 0.287 e. The van der Waals surface area contributed by atoms with E-state index in [1.807, 2.05) is 0 Å². The van der Waals surface area contributed by atoms with Gasteiger partial charge in [0.2, 0.25) is 5.16 Å². The van der Waals surface area contributed by atoms with Gasteiger partial charge in [-0.05, 0) is 36.0 Å². The first-order chi connectivity index (χ1) is 11.6. The summed E-state index contributed by atoms with van der Waals surface area (Å²) in [4.78, 5) is 18.5. The molecule has 1 N–H and O–H groups in total. The first-order valence-corrected chi connectivity index (χ1v) is 7.81. The molecule has 8 nitrogen and oxygen atoms in total. The van der Waals surface area contributed by atoms with Crippen LogP contribution < -0.4 is 4.74 Å². The SMILES string of the molecule is COc1ccc(Cl)cc1-c1nc(Sc2ccc([N+](=O)[O-])cn2)n[nH]1. The summed E-state index contributed by atoms with van der Waals surface area (Å²) >= 11 is 7.19. The molecule has 0 fully saturated rings. The van der Waals surface area contributed by atoms with Crippen molar-refractivity contribution in [1.29, 1.82) is 0 Å². The highest BCUT2D eigenvalue weighted by molar-refractivity contribution is 7.99. The molecule has 0 saturated carbocycles. The maximum atomic E-state index is 10.6. The number of H-pyrrole nitrogens is 1. The van der Waals surface area contributed by atoms with E-state index in [1.54, 1.807) is 31.4 Å². The first kappa shape index (κ1) is 16.2. The molecule has 1 aromatic carbocycles. The molecule has 3 aromatic rings. The number of nitrogens with zero attached hydrogens (tertiary/aromatic N) is 4. The van der Waals surface area contributed by atoms with Crippen molar-refractivity contribution in [3.63, 3.8) is 0 Å². The number of aromatic amines is 1. The number of pyridine rings is 1. The van der Waals surface area contributed by atoms with Gasteiger partial charge in [0.25, 0.3) is 5.69 Å². The highest BCUT2D eigenvalue weighted by Gasteiger charge is 2.13. The Hall–Kier alpha value is -2.65. The summed E-state index contributed by atoms with van der Waals surface area (Å²) in [5, 5.41) is 19.1. The van der Waals surface area contributed by atoms with Crippen LogP contribution in [-0.4, -0.2) is 32.2 Å². The molecule has 0 amide bonds. The predicted octanol–water partition coefficient (Wildman–Crippen LogP) is 3.59. The van der Waals surface area contributed by atoms with E-state index in [1.165, 1.54) is 24.0 Å². The van der Waals surface area contributed by atoms with Crippen molar-refractivity contribution < 1.29 is 9.66 Å². The number of nitrogens with one attached hydrogen (secondary N) is 1. The molecule has 0 radical (unpaired) electrons. The Morgan fingerprint density at radius 1 is 1.33 bits per heavy atom. The summed E-state index contributed by atoms with van der Waals surface area (Å²) in [6, 6.07) is 8.10. The molecule has 0 bridgehead atoms. The molecule has 0 aliphatic rings. The number of methoxy groups -OCH3 is 1. The number of halogens is 1. The molecular formula is C14H10ClN5O3S. The van der Waals surface area contributed by atoms with Gasteiger partial charge in [-0.25, -0.2) is 9.97 Å². The van der Waals surface area contributed by atoms with Crippen LogP contribution in [-0.2, 0) is 0 Å². The molecule has 122 valence electrons. The fraction of sp³-hybridized carbons (Fsp3) is 0.0714. The van der Waals surface area contributed by atoms with Gasteiger partial charge in [0.15, 0.2) is 5.82 Å². The van der Waals surface area contributed by atoms with Crippen LogP contribution in [0.15, 0.2) is 46.7 Å². The second-order valence-corrected chi connectivity index (χ2v) is 5.95. The van der Waals surface area contributed by atoms with Crippen LogP contribution >= 0.6 is 23.4 Å². The number of hydrogen-bond acceptors (Lipinski definition) is 7. The Morgan fingerprint density at radius 2 is 2.17 bits per heavy atom. The number of aromatic nitrogens is 4. The van der Waals surface area contributed by atoms with Crippen molar-refractivity contribution in [2.45, 2.75) is 10.2 Å². The Labute approximate surface area is 145 Å². The average molecular weight is 364 g/mol. The molecule has 0 saturated heterocycles. The molecule has 0 atom stereocenters. The molecule has 0 spiro atoms. The second-order valence-electron chi connectivity index (χ2n) is 4.53. The molecule has 10 heteroatoms. The third-order valence-electron chi connectivity index (χ3n) is 3.01. The third-order valence-corrected chi connectivity index (χ3v) is 4.06. The van der Waals surface area contributed by atoms with Gasteiger partial charge in [0, 0.05) is 11.1 Å². The average Bonchev–Trinajstić information content (AvgIpc) is 3.03. The van der Waals surface area contributed by atoms with E-state index >= 15 is 0 Å². The minimum absolute atomic E-state index is 0.0707. The van der Waals surface area contributed by atoms with Crippen molar-refractivity contribution in [3.05, 3.63) is 51.7 Å². The summed E-state index contributed by atoms with van der Waals surface area (Å²) in [7, 11) is 1.56. The van der Waals surface area contributed by atoms with Gasteiger partial charge in [-0.1, -0.05) is 11.6 Å². The number of benzene rings is 1. The highest BCUT2D eigenvalue weighted by Crippen LogP contribution is 2.32. The van der Waals surface area contributed by atoms with Crippen LogP contribution in [0.5, 0.6) is 5.75 Å². The highest BCUT2D eigenvalue weighted by atomic mass is 35.5. The molecular weight excluding hydrogens is 354 g/mol. The minimum Gasteiger partial charge on any atom is -0.496 e. The van der Waals surface area contributed by atoms with E-state index in [0.29, 0.717) is 32.3 Å². The number of nitro groups is 1. The van der Waals surface area contributed by atoms with Gasteiger partial charge >= 0.3 is 0 Å². The molecule has 0 aliphatic heterocycles. The van der Waals surface area contributed by atoms with Gasteiger partial charge in [0.1, 0.15) is 17.0 Å². The van der Waals surface area contributed by atoms with Crippen molar-refractivity contribution in [2.75, 3.05) is 7.11 Å². The second kappa shape index (κ2) is 6.85. The van der Waals surface area contributed by atoms with Crippen LogP contribution in [0.25, 0.3) is 11.4 Å². The molecule has 2 heterocycles. The van der Waals surface area contributed by atoms with Crippen molar-refractivity contribution >= 4 is 29.1 Å². The lowest BCUT2D eigenvalue weighted by molar-refractivity contribution is -0.385. The lowest BCUT2D eigenvalue weighted by atomic mass is 10.2. The largest absolute Gasteiger partial charge is 0.496 e. The Bertz CT molecular complexity index is 884. The number of ether oxygens (including phenoxy) is 1. The van der Waals surface area contributed by atoms with Gasteiger partial charge in [-0.3, -0.25) is 15.2 Å². The van der Waals surface area contributed by atoms with Crippen LogP contribution in [0.4, 0.5) is 5.69 Å². The molecule has 2 aromatic heterocycles. The summed E-state index contributed by atoms with van der Waals surface area (Å²) in [6.45, 7) is 0. The van der Waals surface area contributed by atoms with Crippen LogP contribution in [0.2, 0.25) is 5.02 Å². The molecule has 24 heavy (non-hydrogen) atoms. The maximum Gasteiger partial charge on any atom is 0.287 e. The molecule has 0 aliphatic carbocycles. The van der Waals surface area contributed by atoms with Crippen molar-refractivity contribution in [3.8, 4) is 17.1 Å². The summed E-state index contributed by atoms with van der Waals surface area (Å²) < 4.78 is 5.29. The zero-order valence-electron chi connectivity index (χ0n) is 12.3. The lowest BCUT2D eigenvalue weighted by Gasteiger charge is -2.05. The van der Waals surface area contributed by atoms with Gasteiger partial charge < -0.3 is 4.74 Å². The van der Waals surface area contributed by atoms with Crippen LogP contribution in [0, 0.1) is 10.1 Å². The number of rotatable bonds is 5. The summed E-state index contributed by atoms with van der Waals surface area (Å²) in [5.74, 6) is 1.11.